The average Bonchev–Trinajstić information content (AvgIpc) is 2.55. The lowest BCUT2D eigenvalue weighted by Crippen LogP contribution is -2.33. The van der Waals surface area contributed by atoms with Crippen LogP contribution in [0.4, 0.5) is 10.5 Å². The van der Waals surface area contributed by atoms with E-state index in [1.54, 1.807) is 36.5 Å². The summed E-state index contributed by atoms with van der Waals surface area (Å²) < 4.78 is 5.39. The highest BCUT2D eigenvalue weighted by molar-refractivity contribution is 5.90. The summed E-state index contributed by atoms with van der Waals surface area (Å²) in [7, 11) is 1.75. The third kappa shape index (κ3) is 4.44. The fourth-order valence-corrected chi connectivity index (χ4v) is 1.88. The molecule has 0 aliphatic heterocycles. The standard InChI is InChI=1S/C16H20N4O2/c1-3-22-15-14(8-6-11-18-15)19-16(21)20(2)12-9-13-7-4-5-10-17-13/h4-8,10-11H,3,9,12H2,1-2H3,(H,19,21). The Morgan fingerprint density at radius 3 is 2.77 bits per heavy atom. The molecule has 116 valence electrons. The van der Waals surface area contributed by atoms with Gasteiger partial charge in [-0.1, -0.05) is 6.07 Å². The van der Waals surface area contributed by atoms with Gasteiger partial charge in [-0.05, 0) is 31.2 Å². The molecule has 1 N–H and O–H groups in total. The predicted octanol–water partition coefficient (Wildman–Crippen LogP) is 2.58. The molecule has 0 aliphatic carbocycles. The summed E-state index contributed by atoms with van der Waals surface area (Å²) >= 11 is 0. The molecule has 2 amide bonds. The van der Waals surface area contributed by atoms with Crippen molar-refractivity contribution in [1.82, 2.24) is 14.9 Å². The van der Waals surface area contributed by atoms with E-state index in [4.69, 9.17) is 4.74 Å². The second-order valence-electron chi connectivity index (χ2n) is 4.71. The van der Waals surface area contributed by atoms with Gasteiger partial charge in [-0.2, -0.15) is 0 Å². The average molecular weight is 300 g/mol. The summed E-state index contributed by atoms with van der Waals surface area (Å²) in [5, 5.41) is 2.81. The number of carbonyl (C=O) groups is 1. The summed E-state index contributed by atoms with van der Waals surface area (Å²) in [5.41, 5.74) is 1.53. The summed E-state index contributed by atoms with van der Waals surface area (Å²) in [6, 6.07) is 9.07. The molecule has 0 saturated heterocycles. The molecule has 2 heterocycles. The predicted molar refractivity (Wildman–Crippen MR) is 85.0 cm³/mol. The van der Waals surface area contributed by atoms with Crippen molar-refractivity contribution in [2.75, 3.05) is 25.5 Å². The van der Waals surface area contributed by atoms with Gasteiger partial charge in [-0.25, -0.2) is 9.78 Å². The van der Waals surface area contributed by atoms with E-state index in [0.717, 1.165) is 5.69 Å². The van der Waals surface area contributed by atoms with Crippen LogP contribution in [0.15, 0.2) is 42.7 Å². The highest BCUT2D eigenvalue weighted by Gasteiger charge is 2.12. The van der Waals surface area contributed by atoms with Crippen molar-refractivity contribution in [3.63, 3.8) is 0 Å². The topological polar surface area (TPSA) is 67.3 Å². The van der Waals surface area contributed by atoms with Crippen LogP contribution in [0.2, 0.25) is 0 Å². The Morgan fingerprint density at radius 1 is 1.23 bits per heavy atom. The number of pyridine rings is 2. The molecule has 2 aromatic heterocycles. The van der Waals surface area contributed by atoms with E-state index in [1.165, 1.54) is 0 Å². The highest BCUT2D eigenvalue weighted by Crippen LogP contribution is 2.20. The Morgan fingerprint density at radius 2 is 2.05 bits per heavy atom. The molecule has 2 aromatic rings. The maximum atomic E-state index is 12.2. The third-order valence-electron chi connectivity index (χ3n) is 3.07. The fraction of sp³-hybridized carbons (Fsp3) is 0.312. The van der Waals surface area contributed by atoms with Gasteiger partial charge in [-0.3, -0.25) is 4.98 Å². The van der Waals surface area contributed by atoms with Gasteiger partial charge in [0.05, 0.1) is 6.61 Å². The molecule has 6 nitrogen and oxygen atoms in total. The van der Waals surface area contributed by atoms with Crippen LogP contribution in [-0.4, -0.2) is 41.1 Å². The van der Waals surface area contributed by atoms with Gasteiger partial charge in [0.25, 0.3) is 0 Å². The second-order valence-corrected chi connectivity index (χ2v) is 4.71. The van der Waals surface area contributed by atoms with Gasteiger partial charge in [0.2, 0.25) is 5.88 Å². The van der Waals surface area contributed by atoms with Crippen LogP contribution in [-0.2, 0) is 6.42 Å². The van der Waals surface area contributed by atoms with Crippen molar-refractivity contribution in [2.24, 2.45) is 0 Å². The van der Waals surface area contributed by atoms with Gasteiger partial charge >= 0.3 is 6.03 Å². The van der Waals surface area contributed by atoms with E-state index < -0.39 is 0 Å². The summed E-state index contributed by atoms with van der Waals surface area (Å²) in [6.45, 7) is 2.95. The number of urea groups is 1. The number of nitrogens with zero attached hydrogens (tertiary/aromatic N) is 3. The summed E-state index contributed by atoms with van der Waals surface area (Å²) in [4.78, 5) is 22.2. The molecule has 22 heavy (non-hydrogen) atoms. The number of amides is 2. The lowest BCUT2D eigenvalue weighted by Gasteiger charge is -2.18. The van der Waals surface area contributed by atoms with Crippen LogP contribution in [0.1, 0.15) is 12.6 Å². The number of ether oxygens (including phenoxy) is 1. The molecule has 0 saturated carbocycles. The number of rotatable bonds is 6. The molecule has 0 aliphatic rings. The van der Waals surface area contributed by atoms with Crippen LogP contribution in [0.3, 0.4) is 0 Å². The van der Waals surface area contributed by atoms with Crippen molar-refractivity contribution in [1.29, 1.82) is 0 Å². The number of likely N-dealkylation sites (N-methyl/N-ethyl adjacent to an activating group) is 1. The smallest absolute Gasteiger partial charge is 0.321 e. The van der Waals surface area contributed by atoms with Crippen molar-refractivity contribution < 1.29 is 9.53 Å². The maximum absolute atomic E-state index is 12.2. The lowest BCUT2D eigenvalue weighted by atomic mass is 10.2. The third-order valence-corrected chi connectivity index (χ3v) is 3.07. The normalized spacial score (nSPS) is 10.1. The van der Waals surface area contributed by atoms with Gasteiger partial charge < -0.3 is 15.0 Å². The van der Waals surface area contributed by atoms with Crippen LogP contribution in [0, 0.1) is 0 Å². The fourth-order valence-electron chi connectivity index (χ4n) is 1.88. The molecule has 2 rings (SSSR count). The molecule has 0 unspecified atom stereocenters. The number of nitrogens with one attached hydrogen (secondary N) is 1. The van der Waals surface area contributed by atoms with E-state index in [9.17, 15) is 4.79 Å². The summed E-state index contributed by atoms with van der Waals surface area (Å²) in [6.07, 6.45) is 4.08. The van der Waals surface area contributed by atoms with Gasteiger partial charge in [-0.15, -0.1) is 0 Å². The highest BCUT2D eigenvalue weighted by atomic mass is 16.5. The molecule has 6 heteroatoms. The SMILES string of the molecule is CCOc1ncccc1NC(=O)N(C)CCc1ccccn1. The number of anilines is 1. The number of aromatic nitrogens is 2. The number of hydrogen-bond acceptors (Lipinski definition) is 4. The quantitative estimate of drug-likeness (QED) is 0.890. The monoisotopic (exact) mass is 300 g/mol. The van der Waals surface area contributed by atoms with E-state index >= 15 is 0 Å². The van der Waals surface area contributed by atoms with Crippen LogP contribution < -0.4 is 10.1 Å². The van der Waals surface area contributed by atoms with E-state index in [1.807, 2.05) is 25.1 Å². The molecule has 0 fully saturated rings. The minimum Gasteiger partial charge on any atom is -0.476 e. The second kappa shape index (κ2) is 7.97. The first-order chi connectivity index (χ1) is 10.7. The molecule has 0 radical (unpaired) electrons. The zero-order valence-corrected chi connectivity index (χ0v) is 12.8. The Kier molecular flexibility index (Phi) is 5.71. The molecule has 0 bridgehead atoms. The van der Waals surface area contributed by atoms with Crippen molar-refractivity contribution >= 4 is 11.7 Å². The van der Waals surface area contributed by atoms with Crippen molar-refractivity contribution in [3.05, 3.63) is 48.4 Å². The molecular weight excluding hydrogens is 280 g/mol. The first kappa shape index (κ1) is 15.8. The van der Waals surface area contributed by atoms with Crippen LogP contribution in [0.25, 0.3) is 0 Å². The Hall–Kier alpha value is -2.63. The Labute approximate surface area is 130 Å². The zero-order chi connectivity index (χ0) is 15.8. The first-order valence-corrected chi connectivity index (χ1v) is 7.20. The van der Waals surface area contributed by atoms with Gasteiger partial charge in [0.15, 0.2) is 0 Å². The number of hydrogen-bond donors (Lipinski definition) is 1. The zero-order valence-electron chi connectivity index (χ0n) is 12.8. The van der Waals surface area contributed by atoms with E-state index in [0.29, 0.717) is 31.1 Å². The Balaban J connectivity index is 1.91. The molecule has 0 aromatic carbocycles. The number of carbonyl (C=O) groups excluding carboxylic acids is 1. The van der Waals surface area contributed by atoms with Crippen molar-refractivity contribution in [3.8, 4) is 5.88 Å². The van der Waals surface area contributed by atoms with E-state index in [2.05, 4.69) is 15.3 Å². The largest absolute Gasteiger partial charge is 0.476 e. The minimum atomic E-state index is -0.204. The molecule has 0 spiro atoms. The minimum absolute atomic E-state index is 0.204. The van der Waals surface area contributed by atoms with E-state index in [-0.39, 0.29) is 6.03 Å². The van der Waals surface area contributed by atoms with Crippen molar-refractivity contribution in [2.45, 2.75) is 13.3 Å². The first-order valence-electron chi connectivity index (χ1n) is 7.20. The Bertz CT molecular complexity index is 604. The van der Waals surface area contributed by atoms with Crippen LogP contribution >= 0.6 is 0 Å². The summed E-state index contributed by atoms with van der Waals surface area (Å²) in [5.74, 6) is 0.427. The van der Waals surface area contributed by atoms with Crippen LogP contribution in [0.5, 0.6) is 5.88 Å². The maximum Gasteiger partial charge on any atom is 0.321 e. The molecular formula is C16H20N4O2. The lowest BCUT2D eigenvalue weighted by molar-refractivity contribution is 0.222. The van der Waals surface area contributed by atoms with Gasteiger partial charge in [0.1, 0.15) is 5.69 Å². The molecule has 0 atom stereocenters. The van der Waals surface area contributed by atoms with Gasteiger partial charge in [0, 0.05) is 38.1 Å².